The van der Waals surface area contributed by atoms with Crippen LogP contribution in [-0.2, 0) is 12.8 Å². The molecule has 0 unspecified atom stereocenters. The van der Waals surface area contributed by atoms with Crippen LogP contribution in [0.2, 0.25) is 0 Å². The molecule has 1 aromatic carbocycles. The number of hydrogen-bond acceptors (Lipinski definition) is 3. The Hall–Kier alpha value is -1.06. The molecule has 0 radical (unpaired) electrons. The highest BCUT2D eigenvalue weighted by molar-refractivity contribution is 5.38. The largest absolute Gasteiger partial charge is 0.493 e. The Morgan fingerprint density at radius 3 is 2.89 bits per heavy atom. The molecule has 2 N–H and O–H groups in total. The Morgan fingerprint density at radius 2 is 2.16 bits per heavy atom. The number of likely N-dealkylation sites (N-methyl/N-ethyl adjacent to an activating group) is 1. The van der Waals surface area contributed by atoms with E-state index in [1.165, 1.54) is 11.1 Å². The second-order valence-electron chi connectivity index (χ2n) is 6.08. The van der Waals surface area contributed by atoms with Gasteiger partial charge in [-0.25, -0.2) is 0 Å². The molecule has 0 saturated heterocycles. The highest BCUT2D eigenvalue weighted by Crippen LogP contribution is 2.25. The van der Waals surface area contributed by atoms with Crippen molar-refractivity contribution >= 4 is 0 Å². The highest BCUT2D eigenvalue weighted by Gasteiger charge is 2.21. The maximum Gasteiger partial charge on any atom is 0.122 e. The van der Waals surface area contributed by atoms with Gasteiger partial charge in [-0.15, -0.1) is 0 Å². The lowest BCUT2D eigenvalue weighted by Gasteiger charge is -2.34. The van der Waals surface area contributed by atoms with E-state index in [0.29, 0.717) is 6.54 Å². The van der Waals surface area contributed by atoms with Gasteiger partial charge in [0.1, 0.15) is 5.75 Å². The van der Waals surface area contributed by atoms with E-state index in [2.05, 4.69) is 44.0 Å². The lowest BCUT2D eigenvalue weighted by molar-refractivity contribution is 0.166. The normalized spacial score (nSPS) is 15.2. The summed E-state index contributed by atoms with van der Waals surface area (Å²) in [4.78, 5) is 2.34. The third kappa shape index (κ3) is 3.48. The average molecular weight is 262 g/mol. The molecule has 0 atom stereocenters. The van der Waals surface area contributed by atoms with Crippen molar-refractivity contribution in [2.45, 2.75) is 38.6 Å². The minimum absolute atomic E-state index is 0.0668. The number of rotatable bonds is 5. The van der Waals surface area contributed by atoms with Crippen molar-refractivity contribution in [2.75, 3.05) is 26.7 Å². The van der Waals surface area contributed by atoms with Gasteiger partial charge in [-0.3, -0.25) is 4.90 Å². The maximum absolute atomic E-state index is 5.81. The van der Waals surface area contributed by atoms with Gasteiger partial charge in [0, 0.05) is 18.6 Å². The molecule has 3 nitrogen and oxygen atoms in total. The Labute approximate surface area is 116 Å². The molecule has 0 fully saturated rings. The second kappa shape index (κ2) is 5.93. The van der Waals surface area contributed by atoms with E-state index in [1.807, 2.05) is 0 Å². The van der Waals surface area contributed by atoms with Gasteiger partial charge in [-0.05, 0) is 57.4 Å². The average Bonchev–Trinajstić information content (AvgIpc) is 2.44. The van der Waals surface area contributed by atoms with Crippen LogP contribution < -0.4 is 10.5 Å². The molecular formula is C16H26N2O. The summed E-state index contributed by atoms with van der Waals surface area (Å²) in [5.41, 5.74) is 8.63. The Kier molecular flexibility index (Phi) is 4.48. The minimum Gasteiger partial charge on any atom is -0.493 e. The van der Waals surface area contributed by atoms with Crippen LogP contribution in [0, 0.1) is 0 Å². The molecule has 1 aliphatic rings. The second-order valence-corrected chi connectivity index (χ2v) is 6.08. The number of nitrogens with two attached hydrogens (primary N) is 1. The van der Waals surface area contributed by atoms with Crippen molar-refractivity contribution in [3.05, 3.63) is 29.3 Å². The molecule has 0 aliphatic carbocycles. The molecular weight excluding hydrogens is 236 g/mol. The summed E-state index contributed by atoms with van der Waals surface area (Å²) < 4.78 is 5.65. The van der Waals surface area contributed by atoms with Crippen LogP contribution in [0.15, 0.2) is 18.2 Å². The van der Waals surface area contributed by atoms with Crippen LogP contribution in [0.4, 0.5) is 0 Å². The number of nitrogens with zero attached hydrogens (tertiary/aromatic N) is 1. The molecule has 0 amide bonds. The van der Waals surface area contributed by atoms with Crippen molar-refractivity contribution in [1.82, 2.24) is 4.90 Å². The quantitative estimate of drug-likeness (QED) is 0.884. The summed E-state index contributed by atoms with van der Waals surface area (Å²) in [6.07, 6.45) is 3.34. The van der Waals surface area contributed by atoms with E-state index in [4.69, 9.17) is 10.5 Å². The molecule has 0 saturated carbocycles. The van der Waals surface area contributed by atoms with Gasteiger partial charge in [0.05, 0.1) is 6.61 Å². The topological polar surface area (TPSA) is 38.5 Å². The zero-order chi connectivity index (χ0) is 13.9. The van der Waals surface area contributed by atoms with Crippen LogP contribution in [0.3, 0.4) is 0 Å². The number of hydrogen-bond donors (Lipinski definition) is 1. The van der Waals surface area contributed by atoms with E-state index in [-0.39, 0.29) is 5.54 Å². The van der Waals surface area contributed by atoms with E-state index >= 15 is 0 Å². The van der Waals surface area contributed by atoms with E-state index in [1.54, 1.807) is 0 Å². The molecule has 1 aromatic rings. The zero-order valence-electron chi connectivity index (χ0n) is 12.4. The minimum atomic E-state index is 0.0668. The van der Waals surface area contributed by atoms with Gasteiger partial charge >= 0.3 is 0 Å². The SMILES string of the molecule is CN(CCc1ccc2c(c1)CCCO2)C(C)(C)CN. The van der Waals surface area contributed by atoms with Crippen LogP contribution in [0.5, 0.6) is 5.75 Å². The van der Waals surface area contributed by atoms with Crippen molar-refractivity contribution in [3.63, 3.8) is 0 Å². The fourth-order valence-electron chi connectivity index (χ4n) is 2.32. The van der Waals surface area contributed by atoms with Crippen LogP contribution >= 0.6 is 0 Å². The number of fused-ring (bicyclic) bond motifs is 1. The molecule has 1 aliphatic heterocycles. The first-order valence-corrected chi connectivity index (χ1v) is 7.19. The first kappa shape index (κ1) is 14.4. The molecule has 0 aromatic heterocycles. The van der Waals surface area contributed by atoms with Gasteiger partial charge in [-0.2, -0.15) is 0 Å². The molecule has 2 rings (SSSR count). The van der Waals surface area contributed by atoms with Gasteiger partial charge in [0.25, 0.3) is 0 Å². The van der Waals surface area contributed by atoms with E-state index in [0.717, 1.165) is 38.2 Å². The molecule has 19 heavy (non-hydrogen) atoms. The standard InChI is InChI=1S/C16H26N2O/c1-16(2,12-17)18(3)9-8-13-6-7-15-14(11-13)5-4-10-19-15/h6-7,11H,4-5,8-10,12,17H2,1-3H3. The Balaban J connectivity index is 1.96. The van der Waals surface area contributed by atoms with Gasteiger partial charge in [0.15, 0.2) is 0 Å². The molecule has 3 heteroatoms. The molecule has 106 valence electrons. The molecule has 1 heterocycles. The zero-order valence-corrected chi connectivity index (χ0v) is 12.4. The first-order valence-electron chi connectivity index (χ1n) is 7.19. The smallest absolute Gasteiger partial charge is 0.122 e. The number of aryl methyl sites for hydroxylation is 1. The van der Waals surface area contributed by atoms with Gasteiger partial charge < -0.3 is 10.5 Å². The summed E-state index contributed by atoms with van der Waals surface area (Å²) in [5.74, 6) is 1.07. The van der Waals surface area contributed by atoms with Crippen molar-refractivity contribution in [3.8, 4) is 5.75 Å². The Morgan fingerprint density at radius 1 is 1.37 bits per heavy atom. The van der Waals surface area contributed by atoms with Crippen molar-refractivity contribution in [2.24, 2.45) is 5.73 Å². The first-order chi connectivity index (χ1) is 9.03. The Bertz CT molecular complexity index is 429. The predicted molar refractivity (Wildman–Crippen MR) is 79.7 cm³/mol. The van der Waals surface area contributed by atoms with Crippen molar-refractivity contribution in [1.29, 1.82) is 0 Å². The third-order valence-electron chi connectivity index (χ3n) is 4.24. The van der Waals surface area contributed by atoms with Crippen LogP contribution in [0.1, 0.15) is 31.4 Å². The highest BCUT2D eigenvalue weighted by atomic mass is 16.5. The summed E-state index contributed by atoms with van der Waals surface area (Å²) in [5, 5.41) is 0. The lowest BCUT2D eigenvalue weighted by atomic mass is 10.00. The van der Waals surface area contributed by atoms with Gasteiger partial charge in [0.2, 0.25) is 0 Å². The van der Waals surface area contributed by atoms with Gasteiger partial charge in [-0.1, -0.05) is 12.1 Å². The maximum atomic E-state index is 5.81. The van der Waals surface area contributed by atoms with Crippen LogP contribution in [-0.4, -0.2) is 37.2 Å². The monoisotopic (exact) mass is 262 g/mol. The number of ether oxygens (including phenoxy) is 1. The summed E-state index contributed by atoms with van der Waals surface area (Å²) in [7, 11) is 2.15. The van der Waals surface area contributed by atoms with E-state index < -0.39 is 0 Å². The third-order valence-corrected chi connectivity index (χ3v) is 4.24. The predicted octanol–water partition coefficient (Wildman–Crippen LogP) is 2.22. The van der Waals surface area contributed by atoms with Crippen LogP contribution in [0.25, 0.3) is 0 Å². The van der Waals surface area contributed by atoms with Crippen molar-refractivity contribution < 1.29 is 4.74 Å². The summed E-state index contributed by atoms with van der Waals surface area (Å²) in [6, 6.07) is 6.61. The molecule has 0 bridgehead atoms. The van der Waals surface area contributed by atoms with E-state index in [9.17, 15) is 0 Å². The fraction of sp³-hybridized carbons (Fsp3) is 0.625. The summed E-state index contributed by atoms with van der Waals surface area (Å²) >= 11 is 0. The lowest BCUT2D eigenvalue weighted by Crippen LogP contribution is -2.47. The fourth-order valence-corrected chi connectivity index (χ4v) is 2.32. The summed E-state index contributed by atoms with van der Waals surface area (Å²) in [6.45, 7) is 6.95. The molecule has 0 spiro atoms. The number of benzene rings is 1.